The number of carbonyl (C=O) groups is 1. The Balaban J connectivity index is 1.28. The lowest BCUT2D eigenvalue weighted by Gasteiger charge is -2.45. The number of anilines is 2. The Kier molecular flexibility index (Phi) is 5.11. The Bertz CT molecular complexity index is 1020. The molecular weight excluding hydrogens is 420 g/mol. The van der Waals surface area contributed by atoms with Crippen LogP contribution < -0.4 is 15.0 Å². The number of aromatic nitrogens is 1. The number of hydrogen-bond acceptors (Lipinski definition) is 6. The predicted molar refractivity (Wildman–Crippen MR) is 113 cm³/mol. The van der Waals surface area contributed by atoms with Crippen molar-refractivity contribution in [1.82, 2.24) is 4.98 Å². The summed E-state index contributed by atoms with van der Waals surface area (Å²) in [7, 11) is 1.65. The van der Waals surface area contributed by atoms with E-state index in [2.05, 4.69) is 10.3 Å². The highest BCUT2D eigenvalue weighted by Gasteiger charge is 2.47. The second-order valence-electron chi connectivity index (χ2n) is 9.32. The first-order valence-electron chi connectivity index (χ1n) is 11.1. The highest BCUT2D eigenvalue weighted by Crippen LogP contribution is 2.52. The van der Waals surface area contributed by atoms with Crippen LogP contribution in [-0.2, 0) is 11.2 Å². The van der Waals surface area contributed by atoms with Crippen LogP contribution in [0.1, 0.15) is 49.4 Å². The lowest BCUT2D eigenvalue weighted by molar-refractivity contribution is -0.0191. The van der Waals surface area contributed by atoms with Crippen LogP contribution in [0.4, 0.5) is 20.5 Å². The van der Waals surface area contributed by atoms with Crippen molar-refractivity contribution in [3.63, 3.8) is 0 Å². The molecule has 2 aromatic rings. The van der Waals surface area contributed by atoms with E-state index in [1.165, 1.54) is 6.42 Å². The van der Waals surface area contributed by atoms with E-state index in [0.717, 1.165) is 25.0 Å². The van der Waals surface area contributed by atoms with Crippen molar-refractivity contribution >= 4 is 17.6 Å². The molecule has 2 unspecified atom stereocenters. The van der Waals surface area contributed by atoms with Crippen LogP contribution in [0.3, 0.4) is 0 Å². The van der Waals surface area contributed by atoms with Crippen molar-refractivity contribution in [2.75, 3.05) is 30.4 Å². The van der Waals surface area contributed by atoms with Gasteiger partial charge in [0.15, 0.2) is 23.1 Å². The maximum atomic E-state index is 14.6. The van der Waals surface area contributed by atoms with Gasteiger partial charge < -0.3 is 24.1 Å². The summed E-state index contributed by atoms with van der Waals surface area (Å²) in [6.45, 7) is 5.00. The van der Waals surface area contributed by atoms with Crippen LogP contribution in [0.5, 0.6) is 5.75 Å². The fourth-order valence-corrected chi connectivity index (χ4v) is 4.77. The highest BCUT2D eigenvalue weighted by atomic mass is 19.1. The first kappa shape index (κ1) is 21.2. The molecule has 32 heavy (non-hydrogen) atoms. The minimum Gasteiger partial charge on any atom is -0.484 e. The van der Waals surface area contributed by atoms with E-state index >= 15 is 0 Å². The average Bonchev–Trinajstić information content (AvgIpc) is 3.15. The van der Waals surface area contributed by atoms with E-state index in [1.54, 1.807) is 7.11 Å². The molecular formula is C23H27F2N3O4. The number of fused-ring (bicyclic) bond motifs is 1. The predicted octanol–water partition coefficient (Wildman–Crippen LogP) is 4.17. The molecule has 0 radical (unpaired) electrons. The number of hydrogen-bond donors (Lipinski definition) is 1. The van der Waals surface area contributed by atoms with Crippen molar-refractivity contribution in [3.05, 3.63) is 35.2 Å². The van der Waals surface area contributed by atoms with E-state index in [-0.39, 0.29) is 28.8 Å². The summed E-state index contributed by atoms with van der Waals surface area (Å²) in [5.74, 6) is -0.951. The number of aryl methyl sites for hydroxylation is 1. The first-order chi connectivity index (χ1) is 15.3. The third kappa shape index (κ3) is 3.83. The number of nitrogens with one attached hydrogen (secondary N) is 1. The summed E-state index contributed by atoms with van der Waals surface area (Å²) in [4.78, 5) is 19.0. The Morgan fingerprint density at radius 1 is 1.25 bits per heavy atom. The topological polar surface area (TPSA) is 76.8 Å². The van der Waals surface area contributed by atoms with Gasteiger partial charge >= 0.3 is 0 Å². The molecule has 1 saturated heterocycles. The van der Waals surface area contributed by atoms with E-state index in [0.29, 0.717) is 43.1 Å². The quantitative estimate of drug-likeness (QED) is 0.687. The highest BCUT2D eigenvalue weighted by molar-refractivity contribution is 6.03. The summed E-state index contributed by atoms with van der Waals surface area (Å²) in [5.41, 5.74) is -0.185. The number of oxazole rings is 1. The fourth-order valence-electron chi connectivity index (χ4n) is 4.77. The molecule has 3 atom stereocenters. The summed E-state index contributed by atoms with van der Waals surface area (Å²) < 4.78 is 45.9. The van der Waals surface area contributed by atoms with Crippen LogP contribution in [0, 0.1) is 23.5 Å². The van der Waals surface area contributed by atoms with Gasteiger partial charge in [0.2, 0.25) is 0 Å². The van der Waals surface area contributed by atoms with E-state index in [4.69, 9.17) is 13.9 Å². The molecule has 1 amide bonds. The summed E-state index contributed by atoms with van der Waals surface area (Å²) >= 11 is 0. The normalized spacial score (nSPS) is 25.3. The number of rotatable bonds is 7. The van der Waals surface area contributed by atoms with Gasteiger partial charge in [-0.15, -0.1) is 0 Å². The third-order valence-electron chi connectivity index (χ3n) is 6.78. The molecule has 5 rings (SSSR count). The lowest BCUT2D eigenvalue weighted by atomic mass is 9.97. The van der Waals surface area contributed by atoms with E-state index in [9.17, 15) is 13.6 Å². The molecule has 9 heteroatoms. The molecule has 1 aromatic carbocycles. The van der Waals surface area contributed by atoms with Gasteiger partial charge in [0.1, 0.15) is 11.4 Å². The zero-order valence-corrected chi connectivity index (χ0v) is 18.4. The number of amides is 1. The van der Waals surface area contributed by atoms with Crippen LogP contribution in [-0.4, -0.2) is 42.8 Å². The van der Waals surface area contributed by atoms with Gasteiger partial charge in [-0.2, -0.15) is 4.98 Å². The molecule has 2 saturated carbocycles. The lowest BCUT2D eigenvalue weighted by Crippen LogP contribution is -2.61. The number of carbonyl (C=O) groups excluding carboxylic acids is 1. The van der Waals surface area contributed by atoms with Crippen molar-refractivity contribution in [1.29, 1.82) is 0 Å². The van der Waals surface area contributed by atoms with Gasteiger partial charge in [0, 0.05) is 31.4 Å². The molecule has 0 bridgehead atoms. The van der Waals surface area contributed by atoms with Gasteiger partial charge in [-0.3, -0.25) is 4.79 Å². The van der Waals surface area contributed by atoms with Gasteiger partial charge in [0.05, 0.1) is 19.2 Å². The van der Waals surface area contributed by atoms with Gasteiger partial charge in [0.25, 0.3) is 11.9 Å². The second kappa shape index (κ2) is 7.72. The maximum Gasteiger partial charge on any atom is 0.298 e. The van der Waals surface area contributed by atoms with Crippen LogP contribution >= 0.6 is 0 Å². The van der Waals surface area contributed by atoms with Gasteiger partial charge in [-0.25, -0.2) is 8.78 Å². The van der Waals surface area contributed by atoms with E-state index in [1.807, 2.05) is 18.7 Å². The van der Waals surface area contributed by atoms with Crippen molar-refractivity contribution < 1.29 is 27.5 Å². The zero-order valence-electron chi connectivity index (χ0n) is 18.4. The van der Waals surface area contributed by atoms with Crippen LogP contribution in [0.25, 0.3) is 0 Å². The number of benzene rings is 1. The van der Waals surface area contributed by atoms with E-state index < -0.39 is 17.5 Å². The molecule has 1 aliphatic heterocycles. The standard InChI is InChI=1S/C23H27F2N3O4/c1-4-18-19(27-22(32-18)28-10-23(2,11-28)30-3)21(29)26-14-8-16(24)20(17(25)9-14)31-15-6-12-5-13(12)7-15/h8-9,12-13,15H,4-7,10-11H2,1-3H3,(H,26,29)/t12-,13?,15?/m1/s1. The summed E-state index contributed by atoms with van der Waals surface area (Å²) in [6, 6.07) is 2.47. The largest absolute Gasteiger partial charge is 0.484 e. The molecule has 2 heterocycles. The fraction of sp³-hybridized carbons (Fsp3) is 0.565. The number of halogens is 2. The minimum absolute atomic E-state index is 0.00543. The average molecular weight is 447 g/mol. The number of nitrogens with zero attached hydrogens (tertiary/aromatic N) is 2. The molecule has 3 aliphatic rings. The maximum absolute atomic E-state index is 14.6. The molecule has 1 N–H and O–H groups in total. The smallest absolute Gasteiger partial charge is 0.298 e. The Labute approximate surface area is 185 Å². The second-order valence-corrected chi connectivity index (χ2v) is 9.32. The minimum atomic E-state index is -0.836. The van der Waals surface area contributed by atoms with Crippen molar-refractivity contribution in [2.24, 2.45) is 11.8 Å². The van der Waals surface area contributed by atoms with Crippen molar-refractivity contribution in [2.45, 2.75) is 51.2 Å². The number of ether oxygens (including phenoxy) is 2. The SMILES string of the molecule is CCc1oc(N2CC(C)(OC)C2)nc1C(=O)Nc1cc(F)c(OC2CC3C[C@@H]3C2)c(F)c1. The summed E-state index contributed by atoms with van der Waals surface area (Å²) in [6.07, 6.45) is 3.19. The van der Waals surface area contributed by atoms with Crippen molar-refractivity contribution in [3.8, 4) is 5.75 Å². The van der Waals surface area contributed by atoms with Gasteiger partial charge in [-0.05, 0) is 38.0 Å². The zero-order chi connectivity index (χ0) is 22.6. The monoisotopic (exact) mass is 447 g/mol. The molecule has 3 fully saturated rings. The Morgan fingerprint density at radius 2 is 1.91 bits per heavy atom. The third-order valence-corrected chi connectivity index (χ3v) is 6.78. The number of methoxy groups -OCH3 is 1. The molecule has 0 spiro atoms. The Morgan fingerprint density at radius 3 is 2.50 bits per heavy atom. The van der Waals surface area contributed by atoms with Crippen LogP contribution in [0.2, 0.25) is 0 Å². The summed E-state index contributed by atoms with van der Waals surface area (Å²) in [5, 5.41) is 2.53. The molecule has 1 aromatic heterocycles. The van der Waals surface area contributed by atoms with Crippen LogP contribution in [0.15, 0.2) is 16.5 Å². The molecule has 172 valence electrons. The molecule has 2 aliphatic carbocycles. The Hall–Kier alpha value is -2.68. The molecule has 7 nitrogen and oxygen atoms in total. The first-order valence-corrected chi connectivity index (χ1v) is 11.1. The van der Waals surface area contributed by atoms with Gasteiger partial charge in [-0.1, -0.05) is 6.92 Å².